The molecule has 30 heavy (non-hydrogen) atoms. The first kappa shape index (κ1) is 19.7. The van der Waals surface area contributed by atoms with Crippen molar-refractivity contribution in [1.82, 2.24) is 0 Å². The summed E-state index contributed by atoms with van der Waals surface area (Å²) < 4.78 is 10.4. The van der Waals surface area contributed by atoms with Crippen LogP contribution in [0, 0.1) is 0 Å². The van der Waals surface area contributed by atoms with E-state index in [1.54, 1.807) is 49.5 Å². The largest absolute Gasteiger partial charge is 0.497 e. The van der Waals surface area contributed by atoms with E-state index in [1.165, 1.54) is 0 Å². The number of benzene rings is 3. The Morgan fingerprint density at radius 2 is 1.40 bits per heavy atom. The molecule has 0 N–H and O–H groups in total. The summed E-state index contributed by atoms with van der Waals surface area (Å²) in [5, 5.41) is 0.599. The lowest BCUT2D eigenvalue weighted by Gasteiger charge is -2.18. The second-order valence-corrected chi connectivity index (χ2v) is 7.02. The van der Waals surface area contributed by atoms with Crippen molar-refractivity contribution in [2.75, 3.05) is 19.1 Å². The quantitative estimate of drug-likeness (QED) is 0.535. The van der Waals surface area contributed by atoms with Crippen molar-refractivity contribution in [3.8, 4) is 11.5 Å². The minimum Gasteiger partial charge on any atom is -0.497 e. The zero-order valence-corrected chi connectivity index (χ0v) is 17.3. The Balaban J connectivity index is 1.77. The molecule has 0 unspecified atom stereocenters. The molecular weight excluding hydrogens is 400 g/mol. The van der Waals surface area contributed by atoms with E-state index in [9.17, 15) is 4.79 Å². The van der Waals surface area contributed by atoms with Crippen LogP contribution in [-0.2, 0) is 4.79 Å². The standard InChI is InChI=1S/C24H19ClN2O3/c1-29-20-11-3-16(4-12-20)15-22-24(28)27(19-9-7-18(25)8-10-19)23(26-22)17-5-13-21(30-2)14-6-17/h3-15H,1-2H3/b22-15+. The van der Waals surface area contributed by atoms with Crippen molar-refractivity contribution < 1.29 is 14.3 Å². The molecule has 0 bridgehead atoms. The lowest BCUT2D eigenvalue weighted by atomic mass is 10.1. The van der Waals surface area contributed by atoms with E-state index >= 15 is 0 Å². The molecule has 1 amide bonds. The molecular formula is C24H19ClN2O3. The molecule has 0 spiro atoms. The van der Waals surface area contributed by atoms with Gasteiger partial charge in [-0.1, -0.05) is 23.7 Å². The van der Waals surface area contributed by atoms with Crippen LogP contribution in [0.15, 0.2) is 83.5 Å². The summed E-state index contributed by atoms with van der Waals surface area (Å²) in [7, 11) is 3.23. The second kappa shape index (κ2) is 8.43. The van der Waals surface area contributed by atoms with Gasteiger partial charge < -0.3 is 9.47 Å². The topological polar surface area (TPSA) is 51.1 Å². The first-order chi connectivity index (χ1) is 14.6. The number of nitrogens with zero attached hydrogens (tertiary/aromatic N) is 2. The fourth-order valence-corrected chi connectivity index (χ4v) is 3.26. The van der Waals surface area contributed by atoms with Crippen LogP contribution in [-0.4, -0.2) is 26.0 Å². The third kappa shape index (κ3) is 3.93. The molecule has 3 aromatic rings. The lowest BCUT2D eigenvalue weighted by Crippen LogP contribution is -2.32. The highest BCUT2D eigenvalue weighted by Crippen LogP contribution is 2.29. The van der Waals surface area contributed by atoms with E-state index in [-0.39, 0.29) is 5.91 Å². The number of methoxy groups -OCH3 is 2. The fraction of sp³-hybridized carbons (Fsp3) is 0.0833. The molecule has 1 aliphatic heterocycles. The van der Waals surface area contributed by atoms with Crippen molar-refractivity contribution in [3.63, 3.8) is 0 Å². The fourth-order valence-electron chi connectivity index (χ4n) is 3.14. The lowest BCUT2D eigenvalue weighted by molar-refractivity contribution is -0.113. The number of carbonyl (C=O) groups excluding carboxylic acids is 1. The molecule has 150 valence electrons. The number of halogens is 1. The van der Waals surface area contributed by atoms with Gasteiger partial charge in [0.15, 0.2) is 0 Å². The highest BCUT2D eigenvalue weighted by Gasteiger charge is 2.32. The van der Waals surface area contributed by atoms with Crippen molar-refractivity contribution >= 4 is 35.1 Å². The molecule has 0 aliphatic carbocycles. The summed E-state index contributed by atoms with van der Waals surface area (Å²) in [5.74, 6) is 1.82. The molecule has 4 rings (SSSR count). The Morgan fingerprint density at radius 1 is 0.833 bits per heavy atom. The Morgan fingerprint density at radius 3 is 1.97 bits per heavy atom. The summed E-state index contributed by atoms with van der Waals surface area (Å²) >= 11 is 6.03. The predicted molar refractivity (Wildman–Crippen MR) is 119 cm³/mol. The van der Waals surface area contributed by atoms with Gasteiger partial charge in [0.25, 0.3) is 5.91 Å². The number of rotatable bonds is 5. The van der Waals surface area contributed by atoms with Crippen LogP contribution >= 0.6 is 11.6 Å². The average molecular weight is 419 g/mol. The van der Waals surface area contributed by atoms with Crippen LogP contribution in [0.5, 0.6) is 11.5 Å². The zero-order valence-electron chi connectivity index (χ0n) is 16.5. The minimum atomic E-state index is -0.209. The van der Waals surface area contributed by atoms with E-state index in [0.29, 0.717) is 22.2 Å². The highest BCUT2D eigenvalue weighted by atomic mass is 35.5. The van der Waals surface area contributed by atoms with E-state index < -0.39 is 0 Å². The maximum absolute atomic E-state index is 13.3. The Hall–Kier alpha value is -3.57. The molecule has 0 saturated carbocycles. The number of amides is 1. The van der Waals surface area contributed by atoms with Crippen LogP contribution < -0.4 is 14.4 Å². The monoisotopic (exact) mass is 418 g/mol. The number of amidine groups is 1. The Kier molecular flexibility index (Phi) is 5.55. The summed E-state index contributed by atoms with van der Waals surface area (Å²) in [6.45, 7) is 0. The molecule has 0 aromatic heterocycles. The summed E-state index contributed by atoms with van der Waals surface area (Å²) in [4.78, 5) is 19.5. The van der Waals surface area contributed by atoms with Gasteiger partial charge in [-0.15, -0.1) is 0 Å². The summed E-state index contributed by atoms with van der Waals surface area (Å²) in [6.07, 6.45) is 1.77. The normalized spacial score (nSPS) is 14.8. The number of hydrogen-bond donors (Lipinski definition) is 0. The van der Waals surface area contributed by atoms with Gasteiger partial charge in [0.2, 0.25) is 0 Å². The van der Waals surface area contributed by atoms with Crippen molar-refractivity contribution in [3.05, 3.63) is 94.6 Å². The van der Waals surface area contributed by atoms with Crippen LogP contribution in [0.3, 0.4) is 0 Å². The van der Waals surface area contributed by atoms with Crippen LogP contribution in [0.4, 0.5) is 5.69 Å². The first-order valence-electron chi connectivity index (χ1n) is 9.28. The number of hydrogen-bond acceptors (Lipinski definition) is 4. The maximum Gasteiger partial charge on any atom is 0.282 e. The van der Waals surface area contributed by atoms with E-state index in [2.05, 4.69) is 4.99 Å². The van der Waals surface area contributed by atoms with Gasteiger partial charge in [0.05, 0.1) is 19.9 Å². The van der Waals surface area contributed by atoms with Gasteiger partial charge >= 0.3 is 0 Å². The molecule has 5 nitrogen and oxygen atoms in total. The SMILES string of the molecule is COc1ccc(/C=C2/N=C(c3ccc(OC)cc3)N(c3ccc(Cl)cc3)C2=O)cc1. The summed E-state index contributed by atoms with van der Waals surface area (Å²) in [5.41, 5.74) is 2.70. The second-order valence-electron chi connectivity index (χ2n) is 6.58. The number of carbonyl (C=O) groups is 1. The van der Waals surface area contributed by atoms with E-state index in [1.807, 2.05) is 48.5 Å². The van der Waals surface area contributed by atoms with Gasteiger partial charge in [-0.25, -0.2) is 4.99 Å². The van der Waals surface area contributed by atoms with Crippen LogP contribution in [0.25, 0.3) is 6.08 Å². The number of aliphatic imine (C=N–C) groups is 1. The molecule has 1 heterocycles. The smallest absolute Gasteiger partial charge is 0.282 e. The minimum absolute atomic E-state index is 0.209. The third-order valence-corrected chi connectivity index (χ3v) is 4.96. The van der Waals surface area contributed by atoms with Crippen molar-refractivity contribution in [2.24, 2.45) is 4.99 Å². The Bertz CT molecular complexity index is 1120. The van der Waals surface area contributed by atoms with Crippen LogP contribution in [0.2, 0.25) is 5.02 Å². The molecule has 3 aromatic carbocycles. The van der Waals surface area contributed by atoms with Crippen molar-refractivity contribution in [1.29, 1.82) is 0 Å². The van der Waals surface area contributed by atoms with Gasteiger partial charge in [-0.3, -0.25) is 9.69 Å². The number of ether oxygens (including phenoxy) is 2. The van der Waals surface area contributed by atoms with Gasteiger partial charge in [-0.05, 0) is 72.3 Å². The zero-order chi connectivity index (χ0) is 21.1. The van der Waals surface area contributed by atoms with Gasteiger partial charge in [0.1, 0.15) is 23.0 Å². The van der Waals surface area contributed by atoms with E-state index in [0.717, 1.165) is 22.6 Å². The molecule has 0 fully saturated rings. The van der Waals surface area contributed by atoms with E-state index in [4.69, 9.17) is 21.1 Å². The van der Waals surface area contributed by atoms with Gasteiger partial charge in [0, 0.05) is 10.6 Å². The Labute approximate surface area is 179 Å². The average Bonchev–Trinajstić information content (AvgIpc) is 3.11. The predicted octanol–water partition coefficient (Wildman–Crippen LogP) is 5.19. The molecule has 0 saturated heterocycles. The molecule has 6 heteroatoms. The van der Waals surface area contributed by atoms with Gasteiger partial charge in [-0.2, -0.15) is 0 Å². The first-order valence-corrected chi connectivity index (χ1v) is 9.66. The molecule has 0 atom stereocenters. The summed E-state index contributed by atoms with van der Waals surface area (Å²) in [6, 6.07) is 22.0. The molecule has 0 radical (unpaired) electrons. The highest BCUT2D eigenvalue weighted by molar-refractivity contribution is 6.34. The number of anilines is 1. The molecule has 1 aliphatic rings. The maximum atomic E-state index is 13.3. The third-order valence-electron chi connectivity index (χ3n) is 4.71. The van der Waals surface area contributed by atoms with Crippen molar-refractivity contribution in [2.45, 2.75) is 0 Å². The van der Waals surface area contributed by atoms with Crippen LogP contribution in [0.1, 0.15) is 11.1 Å².